The molecule has 5 nitrogen and oxygen atoms in total. The van der Waals surface area contributed by atoms with Crippen LogP contribution < -0.4 is 10.6 Å². The van der Waals surface area contributed by atoms with Crippen molar-refractivity contribution in [2.45, 2.75) is 32.2 Å². The maximum absolute atomic E-state index is 12.5. The van der Waals surface area contributed by atoms with Crippen LogP contribution in [0.5, 0.6) is 0 Å². The molecule has 1 aliphatic heterocycles. The molecule has 0 aromatic heterocycles. The summed E-state index contributed by atoms with van der Waals surface area (Å²) >= 11 is 0. The fourth-order valence-electron chi connectivity index (χ4n) is 2.62. The maximum Gasteiger partial charge on any atom is 0.328 e. The third-order valence-corrected chi connectivity index (χ3v) is 3.82. The average molecular weight is 290 g/mol. The van der Waals surface area contributed by atoms with E-state index in [2.05, 4.69) is 10.6 Å². The minimum Gasteiger partial charge on any atom is -0.467 e. The number of fused-ring (bicyclic) bond motifs is 1. The molecule has 2 rings (SSSR count). The van der Waals surface area contributed by atoms with Crippen molar-refractivity contribution in [3.8, 4) is 0 Å². The first-order valence-electron chi connectivity index (χ1n) is 7.25. The fourth-order valence-corrected chi connectivity index (χ4v) is 2.62. The average Bonchev–Trinajstić information content (AvgIpc) is 2.50. The minimum atomic E-state index is -0.607. The lowest BCUT2D eigenvalue weighted by Gasteiger charge is -2.28. The summed E-state index contributed by atoms with van der Waals surface area (Å²) in [5.41, 5.74) is 1.97. The van der Waals surface area contributed by atoms with Gasteiger partial charge in [-0.2, -0.15) is 0 Å². The molecule has 1 heterocycles. The molecule has 1 aromatic rings. The molecule has 0 saturated heterocycles. The minimum absolute atomic E-state index is 0.0154. The second-order valence-corrected chi connectivity index (χ2v) is 5.61. The molecule has 0 spiro atoms. The molecule has 0 saturated carbocycles. The lowest BCUT2D eigenvalue weighted by Crippen LogP contribution is -2.47. The molecular weight excluding hydrogens is 268 g/mol. The summed E-state index contributed by atoms with van der Waals surface area (Å²) in [6.45, 7) is 4.52. The first kappa shape index (κ1) is 15.4. The number of carbonyl (C=O) groups excluding carboxylic acids is 2. The predicted octanol–water partition coefficient (Wildman–Crippen LogP) is 1.90. The van der Waals surface area contributed by atoms with Gasteiger partial charge < -0.3 is 15.4 Å². The van der Waals surface area contributed by atoms with Crippen LogP contribution in [-0.4, -0.2) is 31.6 Å². The Hall–Kier alpha value is -2.04. The van der Waals surface area contributed by atoms with Gasteiger partial charge in [-0.05, 0) is 24.0 Å². The number of esters is 1. The number of methoxy groups -OCH3 is 1. The van der Waals surface area contributed by atoms with Crippen LogP contribution >= 0.6 is 0 Å². The smallest absolute Gasteiger partial charge is 0.328 e. The lowest BCUT2D eigenvalue weighted by molar-refractivity contribution is -0.146. The summed E-state index contributed by atoms with van der Waals surface area (Å²) in [7, 11) is 1.34. The van der Waals surface area contributed by atoms with Crippen molar-refractivity contribution in [1.29, 1.82) is 0 Å². The van der Waals surface area contributed by atoms with Crippen LogP contribution in [0.2, 0.25) is 0 Å². The summed E-state index contributed by atoms with van der Waals surface area (Å²) in [5, 5.41) is 6.12. The van der Waals surface area contributed by atoms with E-state index in [1.54, 1.807) is 0 Å². The number of ether oxygens (including phenoxy) is 1. The predicted molar refractivity (Wildman–Crippen MR) is 81.1 cm³/mol. The number of para-hydroxylation sites is 1. The molecule has 114 valence electrons. The van der Waals surface area contributed by atoms with Crippen molar-refractivity contribution < 1.29 is 14.3 Å². The molecule has 1 unspecified atom stereocenters. The highest BCUT2D eigenvalue weighted by Crippen LogP contribution is 2.31. The SMILES string of the molecule is COC(=O)[C@@H](NC(=O)C1CCNc2ccccc21)C(C)C. The zero-order valence-electron chi connectivity index (χ0n) is 12.7. The van der Waals surface area contributed by atoms with Gasteiger partial charge in [0.25, 0.3) is 0 Å². The molecule has 2 atom stereocenters. The van der Waals surface area contributed by atoms with Crippen LogP contribution in [0, 0.1) is 5.92 Å². The molecule has 0 fully saturated rings. The monoisotopic (exact) mass is 290 g/mol. The van der Waals surface area contributed by atoms with Crippen LogP contribution in [-0.2, 0) is 14.3 Å². The largest absolute Gasteiger partial charge is 0.467 e. The van der Waals surface area contributed by atoms with E-state index in [1.165, 1.54) is 7.11 Å². The standard InChI is InChI=1S/C16H22N2O3/c1-10(2)14(16(20)21-3)18-15(19)12-8-9-17-13-7-5-4-6-11(12)13/h4-7,10,12,14,17H,8-9H2,1-3H3,(H,18,19)/t12?,14-/m0/s1. The highest BCUT2D eigenvalue weighted by atomic mass is 16.5. The first-order chi connectivity index (χ1) is 10.0. The summed E-state index contributed by atoms with van der Waals surface area (Å²) in [6.07, 6.45) is 0.717. The molecule has 5 heteroatoms. The van der Waals surface area contributed by atoms with Crippen LogP contribution in [0.15, 0.2) is 24.3 Å². The molecular formula is C16H22N2O3. The van der Waals surface area contributed by atoms with Crippen molar-refractivity contribution in [2.24, 2.45) is 5.92 Å². The molecule has 1 aromatic carbocycles. The zero-order valence-corrected chi connectivity index (χ0v) is 12.7. The Kier molecular flexibility index (Phi) is 4.83. The fraction of sp³-hybridized carbons (Fsp3) is 0.500. The Bertz CT molecular complexity index is 528. The van der Waals surface area contributed by atoms with Crippen LogP contribution in [0.1, 0.15) is 31.7 Å². The number of amides is 1. The van der Waals surface area contributed by atoms with E-state index in [-0.39, 0.29) is 17.7 Å². The summed E-state index contributed by atoms with van der Waals surface area (Å²) < 4.78 is 4.77. The molecule has 0 radical (unpaired) electrons. The van der Waals surface area contributed by atoms with Crippen molar-refractivity contribution in [1.82, 2.24) is 5.32 Å². The number of rotatable bonds is 4. The Morgan fingerprint density at radius 1 is 1.33 bits per heavy atom. The summed E-state index contributed by atoms with van der Waals surface area (Å²) in [4.78, 5) is 24.3. The highest BCUT2D eigenvalue weighted by molar-refractivity contribution is 5.90. The Labute approximate surface area is 125 Å². The van der Waals surface area contributed by atoms with E-state index in [4.69, 9.17) is 4.74 Å². The molecule has 1 aliphatic rings. The lowest BCUT2D eigenvalue weighted by atomic mass is 9.89. The maximum atomic E-state index is 12.5. The Morgan fingerprint density at radius 2 is 2.05 bits per heavy atom. The normalized spacial score (nSPS) is 18.4. The van der Waals surface area contributed by atoms with Gasteiger partial charge in [-0.1, -0.05) is 32.0 Å². The van der Waals surface area contributed by atoms with Crippen molar-refractivity contribution in [2.75, 3.05) is 19.0 Å². The third-order valence-electron chi connectivity index (χ3n) is 3.82. The number of carbonyl (C=O) groups is 2. The van der Waals surface area contributed by atoms with Gasteiger partial charge in [0.15, 0.2) is 0 Å². The van der Waals surface area contributed by atoms with Crippen LogP contribution in [0.25, 0.3) is 0 Å². The zero-order chi connectivity index (χ0) is 15.4. The number of nitrogens with one attached hydrogen (secondary N) is 2. The number of hydrogen-bond donors (Lipinski definition) is 2. The van der Waals surface area contributed by atoms with Gasteiger partial charge in [-0.25, -0.2) is 4.79 Å². The van der Waals surface area contributed by atoms with Gasteiger partial charge >= 0.3 is 5.97 Å². The quantitative estimate of drug-likeness (QED) is 0.831. The second kappa shape index (κ2) is 6.61. The van der Waals surface area contributed by atoms with Gasteiger partial charge in [-0.3, -0.25) is 4.79 Å². The second-order valence-electron chi connectivity index (χ2n) is 5.61. The number of benzene rings is 1. The van der Waals surface area contributed by atoms with Gasteiger partial charge in [-0.15, -0.1) is 0 Å². The molecule has 0 bridgehead atoms. The molecule has 0 aliphatic carbocycles. The molecule has 21 heavy (non-hydrogen) atoms. The third kappa shape index (κ3) is 3.35. The van der Waals surface area contributed by atoms with Crippen LogP contribution in [0.4, 0.5) is 5.69 Å². The van der Waals surface area contributed by atoms with Crippen molar-refractivity contribution >= 4 is 17.6 Å². The van der Waals surface area contributed by atoms with Gasteiger partial charge in [0, 0.05) is 12.2 Å². The Balaban J connectivity index is 2.16. The van der Waals surface area contributed by atoms with Gasteiger partial charge in [0.1, 0.15) is 6.04 Å². The first-order valence-corrected chi connectivity index (χ1v) is 7.25. The summed E-state index contributed by atoms with van der Waals surface area (Å²) in [6, 6.07) is 7.18. The van der Waals surface area contributed by atoms with E-state index >= 15 is 0 Å². The molecule has 2 N–H and O–H groups in total. The van der Waals surface area contributed by atoms with Gasteiger partial charge in [0.2, 0.25) is 5.91 Å². The van der Waals surface area contributed by atoms with Gasteiger partial charge in [0.05, 0.1) is 13.0 Å². The topological polar surface area (TPSA) is 67.4 Å². The van der Waals surface area contributed by atoms with E-state index in [1.807, 2.05) is 38.1 Å². The number of hydrogen-bond acceptors (Lipinski definition) is 4. The van der Waals surface area contributed by atoms with Crippen LogP contribution in [0.3, 0.4) is 0 Å². The highest BCUT2D eigenvalue weighted by Gasteiger charge is 2.31. The van der Waals surface area contributed by atoms with Crippen molar-refractivity contribution in [3.63, 3.8) is 0 Å². The van der Waals surface area contributed by atoms with E-state index in [0.717, 1.165) is 24.2 Å². The van der Waals surface area contributed by atoms with E-state index in [9.17, 15) is 9.59 Å². The number of anilines is 1. The van der Waals surface area contributed by atoms with Crippen molar-refractivity contribution in [3.05, 3.63) is 29.8 Å². The Morgan fingerprint density at radius 3 is 2.71 bits per heavy atom. The van der Waals surface area contributed by atoms with E-state index < -0.39 is 12.0 Å². The van der Waals surface area contributed by atoms with E-state index in [0.29, 0.717) is 0 Å². The summed E-state index contributed by atoms with van der Waals surface area (Å²) in [5.74, 6) is -0.764. The molecule has 1 amide bonds.